The quantitative estimate of drug-likeness (QED) is 0.870. The van der Waals surface area contributed by atoms with Gasteiger partial charge in [-0.3, -0.25) is 9.69 Å². The van der Waals surface area contributed by atoms with Crippen molar-refractivity contribution in [3.8, 4) is 0 Å². The number of ether oxygens (including phenoxy) is 1. The molecule has 1 aromatic rings. The number of morpholine rings is 1. The van der Waals surface area contributed by atoms with Crippen molar-refractivity contribution < 1.29 is 9.53 Å². The Hall–Kier alpha value is -1.39. The minimum Gasteiger partial charge on any atom is -0.376 e. The molecule has 1 amide bonds. The van der Waals surface area contributed by atoms with Crippen LogP contribution < -0.4 is 5.32 Å². The Kier molecular flexibility index (Phi) is 6.81. The summed E-state index contributed by atoms with van der Waals surface area (Å²) in [6.07, 6.45) is 1.29. The largest absolute Gasteiger partial charge is 0.376 e. The predicted molar refractivity (Wildman–Crippen MR) is 98.0 cm³/mol. The van der Waals surface area contributed by atoms with Crippen LogP contribution in [0.3, 0.4) is 0 Å². The van der Waals surface area contributed by atoms with Crippen molar-refractivity contribution >= 4 is 5.91 Å². The minimum absolute atomic E-state index is 0.0272. The van der Waals surface area contributed by atoms with E-state index in [2.05, 4.69) is 62.2 Å². The lowest BCUT2D eigenvalue weighted by Gasteiger charge is -2.36. The van der Waals surface area contributed by atoms with Gasteiger partial charge in [0.15, 0.2) is 0 Å². The SMILES string of the molecule is CC(C)Cc1ccc([C@H](C)NC(=O)CN2C[C@H](C)OC[C@H]2C)cc1. The van der Waals surface area contributed by atoms with Gasteiger partial charge in [0.05, 0.1) is 25.3 Å². The Morgan fingerprint density at radius 3 is 2.54 bits per heavy atom. The molecule has 1 saturated heterocycles. The van der Waals surface area contributed by atoms with Crippen LogP contribution in [0.5, 0.6) is 0 Å². The zero-order valence-corrected chi connectivity index (χ0v) is 15.7. The standard InChI is InChI=1S/C20H32N2O2/c1-14(2)10-18-6-8-19(9-7-18)17(5)21-20(23)12-22-11-16(4)24-13-15(22)3/h6-9,14-17H,10-13H2,1-5H3,(H,21,23)/t15-,16+,17+/m1/s1. The molecule has 24 heavy (non-hydrogen) atoms. The lowest BCUT2D eigenvalue weighted by molar-refractivity contribution is -0.126. The molecular weight excluding hydrogens is 300 g/mol. The van der Waals surface area contributed by atoms with Crippen LogP contribution in [-0.2, 0) is 16.0 Å². The van der Waals surface area contributed by atoms with Crippen LogP contribution in [0, 0.1) is 5.92 Å². The molecule has 0 spiro atoms. The maximum atomic E-state index is 12.4. The van der Waals surface area contributed by atoms with E-state index in [4.69, 9.17) is 4.74 Å². The number of amides is 1. The molecule has 3 atom stereocenters. The zero-order chi connectivity index (χ0) is 17.7. The van der Waals surface area contributed by atoms with Crippen molar-refractivity contribution in [2.75, 3.05) is 19.7 Å². The number of carbonyl (C=O) groups excluding carboxylic acids is 1. The molecule has 0 unspecified atom stereocenters. The number of rotatable bonds is 6. The van der Waals surface area contributed by atoms with Gasteiger partial charge < -0.3 is 10.1 Å². The van der Waals surface area contributed by atoms with Crippen LogP contribution >= 0.6 is 0 Å². The van der Waals surface area contributed by atoms with Crippen LogP contribution in [0.15, 0.2) is 24.3 Å². The van der Waals surface area contributed by atoms with Gasteiger partial charge in [-0.2, -0.15) is 0 Å². The highest BCUT2D eigenvalue weighted by Gasteiger charge is 2.25. The molecule has 1 aliphatic rings. The molecule has 2 rings (SSSR count). The maximum Gasteiger partial charge on any atom is 0.234 e. The predicted octanol–water partition coefficient (Wildman–Crippen LogP) is 3.17. The van der Waals surface area contributed by atoms with Crippen LogP contribution in [0.2, 0.25) is 0 Å². The number of benzene rings is 1. The zero-order valence-electron chi connectivity index (χ0n) is 15.7. The van der Waals surface area contributed by atoms with Crippen molar-refractivity contribution in [1.29, 1.82) is 0 Å². The summed E-state index contributed by atoms with van der Waals surface area (Å²) in [6.45, 7) is 12.6. The van der Waals surface area contributed by atoms with E-state index >= 15 is 0 Å². The molecule has 1 N–H and O–H groups in total. The number of nitrogens with one attached hydrogen (secondary N) is 1. The van der Waals surface area contributed by atoms with Crippen molar-refractivity contribution in [2.45, 2.75) is 59.2 Å². The molecule has 0 aliphatic carbocycles. The lowest BCUT2D eigenvalue weighted by atomic mass is 10.00. The third-order valence-corrected chi connectivity index (χ3v) is 4.58. The summed E-state index contributed by atoms with van der Waals surface area (Å²) in [5, 5.41) is 3.12. The summed E-state index contributed by atoms with van der Waals surface area (Å²) in [6, 6.07) is 8.91. The minimum atomic E-state index is 0.0272. The van der Waals surface area contributed by atoms with Gasteiger partial charge in [0.1, 0.15) is 0 Å². The average Bonchev–Trinajstić information content (AvgIpc) is 2.51. The van der Waals surface area contributed by atoms with E-state index < -0.39 is 0 Å². The smallest absolute Gasteiger partial charge is 0.234 e. The first-order valence-corrected chi connectivity index (χ1v) is 9.09. The fourth-order valence-corrected chi connectivity index (χ4v) is 3.16. The number of carbonyl (C=O) groups is 1. The Bertz CT molecular complexity index is 527. The van der Waals surface area contributed by atoms with Gasteiger partial charge in [0, 0.05) is 12.6 Å². The summed E-state index contributed by atoms with van der Waals surface area (Å²) in [7, 11) is 0. The van der Waals surface area contributed by atoms with Crippen molar-refractivity contribution in [3.05, 3.63) is 35.4 Å². The van der Waals surface area contributed by atoms with Gasteiger partial charge in [0.25, 0.3) is 0 Å². The highest BCUT2D eigenvalue weighted by Crippen LogP contribution is 2.16. The molecule has 0 radical (unpaired) electrons. The second-order valence-corrected chi connectivity index (χ2v) is 7.55. The molecule has 4 nitrogen and oxygen atoms in total. The summed E-state index contributed by atoms with van der Waals surface area (Å²) < 4.78 is 5.62. The highest BCUT2D eigenvalue weighted by molar-refractivity contribution is 5.78. The average molecular weight is 332 g/mol. The first kappa shape index (κ1) is 18.9. The molecule has 1 aromatic carbocycles. The van der Waals surface area contributed by atoms with Crippen LogP contribution in [0.25, 0.3) is 0 Å². The topological polar surface area (TPSA) is 41.6 Å². The van der Waals surface area contributed by atoms with Gasteiger partial charge in [-0.1, -0.05) is 38.1 Å². The van der Waals surface area contributed by atoms with E-state index in [0.29, 0.717) is 19.1 Å². The van der Waals surface area contributed by atoms with Gasteiger partial charge in [-0.05, 0) is 44.2 Å². The van der Waals surface area contributed by atoms with E-state index in [0.717, 1.165) is 18.5 Å². The summed E-state index contributed by atoms with van der Waals surface area (Å²) >= 11 is 0. The lowest BCUT2D eigenvalue weighted by Crippen LogP contribution is -2.51. The van der Waals surface area contributed by atoms with Gasteiger partial charge in [0.2, 0.25) is 5.91 Å². The van der Waals surface area contributed by atoms with Crippen LogP contribution in [-0.4, -0.2) is 42.6 Å². The van der Waals surface area contributed by atoms with Gasteiger partial charge in [-0.15, -0.1) is 0 Å². The van der Waals surface area contributed by atoms with Gasteiger partial charge in [-0.25, -0.2) is 0 Å². The fraction of sp³-hybridized carbons (Fsp3) is 0.650. The number of hydrogen-bond donors (Lipinski definition) is 1. The molecule has 0 saturated carbocycles. The van der Waals surface area contributed by atoms with E-state index in [1.54, 1.807) is 0 Å². The Labute approximate surface area is 146 Å². The van der Waals surface area contributed by atoms with E-state index in [-0.39, 0.29) is 24.1 Å². The van der Waals surface area contributed by atoms with Crippen molar-refractivity contribution in [3.63, 3.8) is 0 Å². The molecular formula is C20H32N2O2. The third-order valence-electron chi connectivity index (χ3n) is 4.58. The normalized spacial score (nSPS) is 23.2. The molecule has 134 valence electrons. The molecule has 1 fully saturated rings. The van der Waals surface area contributed by atoms with Crippen molar-refractivity contribution in [1.82, 2.24) is 10.2 Å². The molecule has 1 heterocycles. The molecule has 4 heteroatoms. The molecule has 1 aliphatic heterocycles. The fourth-order valence-electron chi connectivity index (χ4n) is 3.16. The van der Waals surface area contributed by atoms with E-state index in [9.17, 15) is 4.79 Å². The molecule has 0 bridgehead atoms. The second-order valence-electron chi connectivity index (χ2n) is 7.55. The highest BCUT2D eigenvalue weighted by atomic mass is 16.5. The Morgan fingerprint density at radius 1 is 1.25 bits per heavy atom. The number of hydrogen-bond acceptors (Lipinski definition) is 3. The first-order valence-electron chi connectivity index (χ1n) is 9.09. The van der Waals surface area contributed by atoms with E-state index in [1.165, 1.54) is 5.56 Å². The van der Waals surface area contributed by atoms with Crippen LogP contribution in [0.1, 0.15) is 51.8 Å². The maximum absolute atomic E-state index is 12.4. The van der Waals surface area contributed by atoms with Gasteiger partial charge >= 0.3 is 0 Å². The second kappa shape index (κ2) is 8.63. The summed E-state index contributed by atoms with van der Waals surface area (Å²) in [5.41, 5.74) is 2.50. The van der Waals surface area contributed by atoms with E-state index in [1.807, 2.05) is 6.92 Å². The van der Waals surface area contributed by atoms with Crippen molar-refractivity contribution in [2.24, 2.45) is 5.92 Å². The molecule has 0 aromatic heterocycles. The number of nitrogens with zero attached hydrogens (tertiary/aromatic N) is 1. The van der Waals surface area contributed by atoms with Crippen LogP contribution in [0.4, 0.5) is 0 Å². The first-order chi connectivity index (χ1) is 11.3. The Balaban J connectivity index is 1.86. The summed E-state index contributed by atoms with van der Waals surface area (Å²) in [4.78, 5) is 14.6. The third kappa shape index (κ3) is 5.60. The summed E-state index contributed by atoms with van der Waals surface area (Å²) in [5.74, 6) is 0.737. The monoisotopic (exact) mass is 332 g/mol. The Morgan fingerprint density at radius 2 is 1.92 bits per heavy atom.